The van der Waals surface area contributed by atoms with E-state index >= 15 is 0 Å². The molecule has 1 amide bonds. The molecule has 8 heteroatoms. The third-order valence-electron chi connectivity index (χ3n) is 5.39. The van der Waals surface area contributed by atoms with E-state index < -0.39 is 29.3 Å². The van der Waals surface area contributed by atoms with Crippen LogP contribution in [0.1, 0.15) is 23.6 Å². The summed E-state index contributed by atoms with van der Waals surface area (Å²) in [5.41, 5.74) is 0.419. The van der Waals surface area contributed by atoms with Gasteiger partial charge in [0.2, 0.25) is 0 Å². The standard InChI is InChI=1S/C24H27FN2O5/c1-26(2)12-7-13-27-21(16-8-5-6-9-18(16)31-3)20(23(29)24(27)30)22(28)17-14-15(25)10-11-19(17)32-4/h5-6,8-11,14,21,28H,7,12-13H2,1-4H3. The molecule has 1 fully saturated rings. The van der Waals surface area contributed by atoms with Crippen molar-refractivity contribution in [2.75, 3.05) is 41.4 Å². The second-order valence-corrected chi connectivity index (χ2v) is 7.74. The molecule has 2 aromatic rings. The first-order valence-electron chi connectivity index (χ1n) is 10.2. The summed E-state index contributed by atoms with van der Waals surface area (Å²) in [6.07, 6.45) is 0.620. The van der Waals surface area contributed by atoms with Crippen molar-refractivity contribution in [1.82, 2.24) is 9.80 Å². The molecule has 1 unspecified atom stereocenters. The van der Waals surface area contributed by atoms with Crippen molar-refractivity contribution >= 4 is 17.4 Å². The molecule has 1 atom stereocenters. The normalized spacial score (nSPS) is 17.8. The van der Waals surface area contributed by atoms with E-state index in [0.717, 1.165) is 6.07 Å². The van der Waals surface area contributed by atoms with Gasteiger partial charge in [0.05, 0.1) is 31.4 Å². The number of hydrogen-bond donors (Lipinski definition) is 1. The summed E-state index contributed by atoms with van der Waals surface area (Å²) in [6, 6.07) is 9.73. The summed E-state index contributed by atoms with van der Waals surface area (Å²) in [6.45, 7) is 1.00. The number of ketones is 1. The minimum Gasteiger partial charge on any atom is -0.507 e. The minimum absolute atomic E-state index is 0.00121. The Balaban J connectivity index is 2.20. The molecule has 1 saturated heterocycles. The lowest BCUT2D eigenvalue weighted by molar-refractivity contribution is -0.140. The third-order valence-corrected chi connectivity index (χ3v) is 5.39. The first kappa shape index (κ1) is 23.3. The number of methoxy groups -OCH3 is 2. The average Bonchev–Trinajstić information content (AvgIpc) is 3.03. The van der Waals surface area contributed by atoms with Crippen LogP contribution in [0.5, 0.6) is 11.5 Å². The van der Waals surface area contributed by atoms with Gasteiger partial charge < -0.3 is 24.4 Å². The van der Waals surface area contributed by atoms with Gasteiger partial charge in [-0.3, -0.25) is 9.59 Å². The highest BCUT2D eigenvalue weighted by molar-refractivity contribution is 6.46. The number of carbonyl (C=O) groups is 2. The second-order valence-electron chi connectivity index (χ2n) is 7.74. The van der Waals surface area contributed by atoms with E-state index in [1.165, 1.54) is 31.3 Å². The smallest absolute Gasteiger partial charge is 0.295 e. The quantitative estimate of drug-likeness (QED) is 0.384. The maximum Gasteiger partial charge on any atom is 0.295 e. The molecule has 0 saturated carbocycles. The lowest BCUT2D eigenvalue weighted by Crippen LogP contribution is -2.32. The molecule has 3 rings (SSSR count). The molecule has 1 aliphatic heterocycles. The molecule has 2 aromatic carbocycles. The molecule has 0 aliphatic carbocycles. The number of hydrogen-bond acceptors (Lipinski definition) is 6. The van der Waals surface area contributed by atoms with Gasteiger partial charge in [-0.15, -0.1) is 0 Å². The zero-order chi connectivity index (χ0) is 23.4. The number of amides is 1. The van der Waals surface area contributed by atoms with Gasteiger partial charge in [-0.1, -0.05) is 18.2 Å². The van der Waals surface area contributed by atoms with Crippen LogP contribution in [0.15, 0.2) is 48.0 Å². The molecule has 0 spiro atoms. The number of para-hydroxylation sites is 1. The fourth-order valence-corrected chi connectivity index (χ4v) is 3.89. The monoisotopic (exact) mass is 442 g/mol. The highest BCUT2D eigenvalue weighted by atomic mass is 19.1. The van der Waals surface area contributed by atoms with Crippen molar-refractivity contribution in [1.29, 1.82) is 0 Å². The lowest BCUT2D eigenvalue weighted by Gasteiger charge is -2.27. The molecule has 1 aliphatic rings. The number of carbonyl (C=O) groups excluding carboxylic acids is 2. The number of halogens is 1. The molecule has 0 bridgehead atoms. The van der Waals surface area contributed by atoms with Gasteiger partial charge in [0.1, 0.15) is 23.1 Å². The van der Waals surface area contributed by atoms with E-state index in [1.54, 1.807) is 24.3 Å². The summed E-state index contributed by atoms with van der Waals surface area (Å²) in [4.78, 5) is 29.5. The molecule has 170 valence electrons. The number of benzene rings is 2. The van der Waals surface area contributed by atoms with Crippen LogP contribution >= 0.6 is 0 Å². The Morgan fingerprint density at radius 3 is 2.44 bits per heavy atom. The summed E-state index contributed by atoms with van der Waals surface area (Å²) < 4.78 is 24.7. The van der Waals surface area contributed by atoms with Crippen molar-refractivity contribution in [3.05, 3.63) is 65.0 Å². The van der Waals surface area contributed by atoms with E-state index in [1.807, 2.05) is 19.0 Å². The number of Topliss-reactive ketones (excluding diaryl/α,β-unsaturated/α-hetero) is 1. The van der Waals surface area contributed by atoms with Crippen LogP contribution in [0, 0.1) is 5.82 Å². The second kappa shape index (κ2) is 9.82. The van der Waals surface area contributed by atoms with E-state index in [0.29, 0.717) is 30.8 Å². The van der Waals surface area contributed by atoms with Gasteiger partial charge in [0, 0.05) is 12.1 Å². The first-order chi connectivity index (χ1) is 15.3. The van der Waals surface area contributed by atoms with Crippen molar-refractivity contribution in [3.8, 4) is 11.5 Å². The molecule has 0 aromatic heterocycles. The molecule has 1 heterocycles. The molecule has 32 heavy (non-hydrogen) atoms. The minimum atomic E-state index is -0.888. The largest absolute Gasteiger partial charge is 0.507 e. The molecular weight excluding hydrogens is 415 g/mol. The SMILES string of the molecule is COc1ccc(F)cc1C(O)=C1C(=O)C(=O)N(CCCN(C)C)C1c1ccccc1OC. The molecule has 1 N–H and O–H groups in total. The Bertz CT molecular complexity index is 1050. The maximum absolute atomic E-state index is 14.0. The van der Waals surface area contributed by atoms with Crippen LogP contribution in [0.25, 0.3) is 5.76 Å². The third kappa shape index (κ3) is 4.45. The van der Waals surface area contributed by atoms with Crippen LogP contribution in [-0.4, -0.2) is 68.0 Å². The van der Waals surface area contributed by atoms with Gasteiger partial charge in [0.25, 0.3) is 11.7 Å². The maximum atomic E-state index is 14.0. The van der Waals surface area contributed by atoms with E-state index in [-0.39, 0.29) is 16.9 Å². The Morgan fingerprint density at radius 2 is 1.78 bits per heavy atom. The summed E-state index contributed by atoms with van der Waals surface area (Å²) in [5, 5.41) is 11.2. The van der Waals surface area contributed by atoms with Gasteiger partial charge in [-0.2, -0.15) is 0 Å². The van der Waals surface area contributed by atoms with Crippen molar-refractivity contribution in [3.63, 3.8) is 0 Å². The number of aliphatic hydroxyl groups is 1. The average molecular weight is 442 g/mol. The number of ether oxygens (including phenoxy) is 2. The number of aliphatic hydroxyl groups excluding tert-OH is 1. The zero-order valence-electron chi connectivity index (χ0n) is 18.6. The van der Waals surface area contributed by atoms with Gasteiger partial charge >= 0.3 is 0 Å². The highest BCUT2D eigenvalue weighted by Gasteiger charge is 2.47. The van der Waals surface area contributed by atoms with Gasteiger partial charge in [-0.05, 0) is 51.3 Å². The van der Waals surface area contributed by atoms with Crippen LogP contribution < -0.4 is 9.47 Å². The molecular formula is C24H27FN2O5. The Kier molecular flexibility index (Phi) is 7.15. The summed E-state index contributed by atoms with van der Waals surface area (Å²) >= 11 is 0. The van der Waals surface area contributed by atoms with Crippen LogP contribution in [0.2, 0.25) is 0 Å². The molecule has 0 radical (unpaired) electrons. The topological polar surface area (TPSA) is 79.3 Å². The highest BCUT2D eigenvalue weighted by Crippen LogP contribution is 2.43. The zero-order valence-corrected chi connectivity index (χ0v) is 18.6. The van der Waals surface area contributed by atoms with Crippen LogP contribution in [0.3, 0.4) is 0 Å². The Hall–Kier alpha value is -3.39. The lowest BCUT2D eigenvalue weighted by atomic mass is 9.94. The van der Waals surface area contributed by atoms with Crippen LogP contribution in [-0.2, 0) is 9.59 Å². The fraction of sp³-hybridized carbons (Fsp3) is 0.333. The molecule has 7 nitrogen and oxygen atoms in total. The summed E-state index contributed by atoms with van der Waals surface area (Å²) in [5.74, 6) is -2.02. The number of rotatable bonds is 8. The van der Waals surface area contributed by atoms with Gasteiger partial charge in [-0.25, -0.2) is 4.39 Å². The van der Waals surface area contributed by atoms with Crippen molar-refractivity contribution < 1.29 is 28.6 Å². The van der Waals surface area contributed by atoms with Crippen molar-refractivity contribution in [2.24, 2.45) is 0 Å². The predicted molar refractivity (Wildman–Crippen MR) is 118 cm³/mol. The number of likely N-dealkylation sites (tertiary alicyclic amines) is 1. The Morgan fingerprint density at radius 1 is 1.09 bits per heavy atom. The summed E-state index contributed by atoms with van der Waals surface area (Å²) in [7, 11) is 6.71. The van der Waals surface area contributed by atoms with Gasteiger partial charge in [0.15, 0.2) is 0 Å². The van der Waals surface area contributed by atoms with E-state index in [9.17, 15) is 19.1 Å². The first-order valence-corrected chi connectivity index (χ1v) is 10.2. The Labute approximate surface area is 186 Å². The van der Waals surface area contributed by atoms with Crippen molar-refractivity contribution in [2.45, 2.75) is 12.5 Å². The predicted octanol–water partition coefficient (Wildman–Crippen LogP) is 3.22. The van der Waals surface area contributed by atoms with Crippen LogP contribution in [0.4, 0.5) is 4.39 Å². The van der Waals surface area contributed by atoms with E-state index in [2.05, 4.69) is 0 Å². The number of nitrogens with zero attached hydrogens (tertiary/aromatic N) is 2. The fourth-order valence-electron chi connectivity index (χ4n) is 3.89. The van der Waals surface area contributed by atoms with E-state index in [4.69, 9.17) is 9.47 Å².